The van der Waals surface area contributed by atoms with Crippen LogP contribution in [0, 0.1) is 27.9 Å². The molecule has 0 spiro atoms. The van der Waals surface area contributed by atoms with Gasteiger partial charge in [-0.25, -0.2) is 9.78 Å². The molecule has 1 N–H and O–H groups in total. The number of nitro benzene ring substituents is 1. The number of rotatable bonds is 8. The molecule has 0 unspecified atom stereocenters. The molecule has 1 aromatic carbocycles. The van der Waals surface area contributed by atoms with Crippen molar-refractivity contribution in [2.75, 3.05) is 0 Å². The maximum absolute atomic E-state index is 13.4. The van der Waals surface area contributed by atoms with E-state index in [9.17, 15) is 29.6 Å². The van der Waals surface area contributed by atoms with E-state index in [1.165, 1.54) is 40.5 Å². The molecule has 198 valence electrons. The van der Waals surface area contributed by atoms with Gasteiger partial charge in [0.1, 0.15) is 29.2 Å². The molecule has 0 saturated carbocycles. The molecule has 1 fully saturated rings. The summed E-state index contributed by atoms with van der Waals surface area (Å²) in [6.45, 7) is 6.92. The van der Waals surface area contributed by atoms with Crippen LogP contribution >= 0.6 is 11.3 Å². The van der Waals surface area contributed by atoms with E-state index in [0.717, 1.165) is 0 Å². The molecular formula is C26H26N4O7S. The lowest BCUT2D eigenvalue weighted by Gasteiger charge is -2.46. The fourth-order valence-electron chi connectivity index (χ4n) is 5.18. The van der Waals surface area contributed by atoms with E-state index in [4.69, 9.17) is 4.74 Å². The zero-order valence-electron chi connectivity index (χ0n) is 21.2. The van der Waals surface area contributed by atoms with Crippen molar-refractivity contribution in [3.05, 3.63) is 68.7 Å². The van der Waals surface area contributed by atoms with Crippen molar-refractivity contribution in [2.45, 2.75) is 46.4 Å². The Morgan fingerprint density at radius 3 is 2.53 bits per heavy atom. The lowest BCUT2D eigenvalue weighted by atomic mass is 9.77. The highest BCUT2D eigenvalue weighted by atomic mass is 32.1. The summed E-state index contributed by atoms with van der Waals surface area (Å²) in [6.07, 6.45) is 2.45. The Balaban J connectivity index is 1.51. The van der Waals surface area contributed by atoms with Gasteiger partial charge in [0.25, 0.3) is 5.69 Å². The summed E-state index contributed by atoms with van der Waals surface area (Å²) in [4.78, 5) is 56.5. The fourth-order valence-corrected chi connectivity index (χ4v) is 6.40. The third kappa shape index (κ3) is 4.00. The van der Waals surface area contributed by atoms with Gasteiger partial charge < -0.3 is 14.7 Å². The maximum Gasteiger partial charge on any atom is 0.355 e. The Labute approximate surface area is 221 Å². The van der Waals surface area contributed by atoms with E-state index < -0.39 is 29.0 Å². The summed E-state index contributed by atoms with van der Waals surface area (Å²) in [5, 5.41) is 21.2. The molecule has 12 heteroatoms. The normalized spacial score (nSPS) is 21.6. The molecule has 3 aromatic rings. The van der Waals surface area contributed by atoms with Crippen LogP contribution in [0.1, 0.15) is 48.6 Å². The molecule has 4 atom stereocenters. The summed E-state index contributed by atoms with van der Waals surface area (Å²) >= 11 is 1.31. The van der Waals surface area contributed by atoms with E-state index in [1.54, 1.807) is 37.7 Å². The number of non-ortho nitro benzene ring substituents is 1. The van der Waals surface area contributed by atoms with Gasteiger partial charge in [0, 0.05) is 35.7 Å². The number of esters is 1. The second-order valence-electron chi connectivity index (χ2n) is 9.94. The smallest absolute Gasteiger partial charge is 0.355 e. The van der Waals surface area contributed by atoms with Crippen LogP contribution in [-0.4, -0.2) is 54.1 Å². The minimum atomic E-state index is -0.888. The predicted molar refractivity (Wildman–Crippen MR) is 137 cm³/mol. The molecule has 2 aromatic heterocycles. The number of nitro groups is 1. The van der Waals surface area contributed by atoms with E-state index >= 15 is 0 Å². The second kappa shape index (κ2) is 9.44. The van der Waals surface area contributed by atoms with Crippen LogP contribution < -0.4 is 0 Å². The molecule has 4 heterocycles. The monoisotopic (exact) mass is 538 g/mol. The number of carbonyl (C=O) groups is 3. The molecule has 11 nitrogen and oxygen atoms in total. The first-order valence-corrected chi connectivity index (χ1v) is 13.0. The molecule has 5 rings (SSSR count). The van der Waals surface area contributed by atoms with E-state index in [2.05, 4.69) is 4.98 Å². The molecule has 1 amide bonds. The zero-order chi connectivity index (χ0) is 27.5. The van der Waals surface area contributed by atoms with Crippen molar-refractivity contribution in [2.24, 2.45) is 17.8 Å². The first-order chi connectivity index (χ1) is 18.0. The number of amides is 1. The van der Waals surface area contributed by atoms with Crippen LogP contribution in [0.25, 0.3) is 10.4 Å². The number of nitrogens with zero attached hydrogens (tertiary/aromatic N) is 4. The van der Waals surface area contributed by atoms with Crippen molar-refractivity contribution in [3.8, 4) is 0 Å². The molecular weight excluding hydrogens is 512 g/mol. The molecule has 38 heavy (non-hydrogen) atoms. The molecule has 2 aliphatic heterocycles. The summed E-state index contributed by atoms with van der Waals surface area (Å²) in [5.41, 5.74) is 1.55. The van der Waals surface area contributed by atoms with Gasteiger partial charge in [0.05, 0.1) is 27.9 Å². The van der Waals surface area contributed by atoms with Crippen LogP contribution in [0.4, 0.5) is 5.69 Å². The highest BCUT2D eigenvalue weighted by Gasteiger charge is 2.60. The Kier molecular flexibility index (Phi) is 6.40. The molecule has 1 saturated heterocycles. The first-order valence-electron chi connectivity index (χ1n) is 12.2. The van der Waals surface area contributed by atoms with Crippen LogP contribution in [0.15, 0.2) is 42.5 Å². The number of Topliss-reactive ketones (excluding diaryl/α,β-unsaturated/α-hetero) is 1. The van der Waals surface area contributed by atoms with Gasteiger partial charge in [-0.05, 0) is 24.6 Å². The number of aliphatic hydroxyl groups is 1. The van der Waals surface area contributed by atoms with Gasteiger partial charge in [0.2, 0.25) is 5.91 Å². The standard InChI is InChI=1S/C26H26N4O7S/c1-12(2)23(32)20-25-28(11-27-20)9-17(38-25)18-13(3)21-19(14(4)31)24(33)29(21)22(18)26(34)37-10-15-5-7-16(8-6-15)30(35)36/h5-9,11-14,19,21,31H,10H2,1-4H3/t13-,14+,19+,21+/m0/s1. The highest BCUT2D eigenvalue weighted by molar-refractivity contribution is 7.18. The number of hydrogen-bond donors (Lipinski definition) is 1. The Morgan fingerprint density at radius 2 is 1.92 bits per heavy atom. The van der Waals surface area contributed by atoms with Crippen LogP contribution in [0.2, 0.25) is 0 Å². The van der Waals surface area contributed by atoms with Crippen LogP contribution in [0.3, 0.4) is 0 Å². The number of carbonyl (C=O) groups excluding carboxylic acids is 3. The van der Waals surface area contributed by atoms with Crippen molar-refractivity contribution < 1.29 is 29.2 Å². The summed E-state index contributed by atoms with van der Waals surface area (Å²) in [7, 11) is 0. The number of benzene rings is 1. The first kappa shape index (κ1) is 25.7. The number of ketones is 1. The predicted octanol–water partition coefficient (Wildman–Crippen LogP) is 3.45. The number of thiazole rings is 1. The van der Waals surface area contributed by atoms with Gasteiger partial charge in [-0.3, -0.25) is 24.1 Å². The Bertz CT molecular complexity index is 1500. The number of β-lactam (4-membered cyclic amide) rings is 1. The van der Waals surface area contributed by atoms with E-state index in [-0.39, 0.29) is 41.5 Å². The third-order valence-electron chi connectivity index (χ3n) is 7.12. The summed E-state index contributed by atoms with van der Waals surface area (Å²) < 4.78 is 7.30. The molecule has 0 bridgehead atoms. The number of imidazole rings is 1. The number of fused-ring (bicyclic) bond motifs is 2. The van der Waals surface area contributed by atoms with Crippen molar-refractivity contribution in [3.63, 3.8) is 0 Å². The van der Waals surface area contributed by atoms with Gasteiger partial charge in [-0.15, -0.1) is 11.3 Å². The van der Waals surface area contributed by atoms with Gasteiger partial charge in [0.15, 0.2) is 5.78 Å². The van der Waals surface area contributed by atoms with Gasteiger partial charge in [-0.1, -0.05) is 20.8 Å². The van der Waals surface area contributed by atoms with Crippen molar-refractivity contribution >= 4 is 45.1 Å². The topological polar surface area (TPSA) is 144 Å². The number of aliphatic hydroxyl groups excluding tert-OH is 1. The quantitative estimate of drug-likeness (QED) is 0.151. The zero-order valence-corrected chi connectivity index (χ0v) is 22.0. The number of ether oxygens (including phenoxy) is 1. The average Bonchev–Trinajstić information content (AvgIpc) is 3.51. The SMILES string of the molecule is CC(C)C(=O)c1ncn2cc(C3=C(C(=O)OCc4ccc([N+](=O)[O-])cc4)N4C(=O)[C@H]([C@@H](C)O)[C@H]4[C@H]3C)sc12. The Hall–Kier alpha value is -3.90. The summed E-state index contributed by atoms with van der Waals surface area (Å²) in [5.74, 6) is -2.32. The largest absolute Gasteiger partial charge is 0.456 e. The molecule has 0 radical (unpaired) electrons. The molecule has 0 aliphatic carbocycles. The lowest BCUT2D eigenvalue weighted by molar-refractivity contribution is -0.384. The number of aromatic nitrogens is 2. The van der Waals surface area contributed by atoms with Gasteiger partial charge in [-0.2, -0.15) is 0 Å². The van der Waals surface area contributed by atoms with E-state index in [1.807, 2.05) is 6.92 Å². The summed E-state index contributed by atoms with van der Waals surface area (Å²) in [6, 6.07) is 5.25. The van der Waals surface area contributed by atoms with Gasteiger partial charge >= 0.3 is 5.97 Å². The Morgan fingerprint density at radius 1 is 1.24 bits per heavy atom. The number of hydrogen-bond acceptors (Lipinski definition) is 9. The van der Waals surface area contributed by atoms with Crippen LogP contribution in [-0.2, 0) is 20.9 Å². The lowest BCUT2D eigenvalue weighted by Crippen LogP contribution is -2.63. The van der Waals surface area contributed by atoms with Crippen molar-refractivity contribution in [1.29, 1.82) is 0 Å². The average molecular weight is 539 g/mol. The molecule has 2 aliphatic rings. The highest BCUT2D eigenvalue weighted by Crippen LogP contribution is 2.51. The minimum Gasteiger partial charge on any atom is -0.456 e. The van der Waals surface area contributed by atoms with Crippen molar-refractivity contribution in [1.82, 2.24) is 14.3 Å². The second-order valence-corrected chi connectivity index (χ2v) is 11.0. The maximum atomic E-state index is 13.4. The third-order valence-corrected chi connectivity index (χ3v) is 8.26. The fraction of sp³-hybridized carbons (Fsp3) is 0.385. The minimum absolute atomic E-state index is 0.0771. The van der Waals surface area contributed by atoms with E-state index in [0.29, 0.717) is 26.5 Å². The van der Waals surface area contributed by atoms with Crippen LogP contribution in [0.5, 0.6) is 0 Å².